The van der Waals surface area contributed by atoms with Gasteiger partial charge in [0.1, 0.15) is 6.61 Å². The molecule has 0 aliphatic rings. The Kier molecular flexibility index (Phi) is 5.55. The van der Waals surface area contributed by atoms with Crippen molar-refractivity contribution >= 4 is 33.7 Å². The molecule has 2 aromatic rings. The molecule has 1 amide bonds. The van der Waals surface area contributed by atoms with E-state index in [9.17, 15) is 9.59 Å². The molecular weight excluding hydrogens is 350 g/mol. The SMILES string of the molecule is COC(=O)c1cc(Br)cc(NC(=O)OCc2ccccc2)c1. The van der Waals surface area contributed by atoms with Crippen LogP contribution in [-0.4, -0.2) is 19.2 Å². The Hall–Kier alpha value is -2.34. The highest BCUT2D eigenvalue weighted by molar-refractivity contribution is 9.10. The first-order valence-electron chi connectivity index (χ1n) is 6.45. The first-order valence-corrected chi connectivity index (χ1v) is 7.24. The summed E-state index contributed by atoms with van der Waals surface area (Å²) in [5, 5.41) is 2.57. The standard InChI is InChI=1S/C16H14BrNO4/c1-21-15(19)12-7-13(17)9-14(8-12)18-16(20)22-10-11-5-3-2-4-6-11/h2-9H,10H2,1H3,(H,18,20). The molecule has 0 fully saturated rings. The Morgan fingerprint density at radius 3 is 2.55 bits per heavy atom. The van der Waals surface area contributed by atoms with Gasteiger partial charge in [-0.05, 0) is 23.8 Å². The number of nitrogens with one attached hydrogen (secondary N) is 1. The van der Waals surface area contributed by atoms with E-state index in [1.807, 2.05) is 30.3 Å². The van der Waals surface area contributed by atoms with Gasteiger partial charge in [0.05, 0.1) is 12.7 Å². The number of anilines is 1. The molecule has 2 rings (SSSR count). The van der Waals surface area contributed by atoms with Crippen molar-refractivity contribution in [3.8, 4) is 0 Å². The third kappa shape index (κ3) is 4.60. The van der Waals surface area contributed by atoms with E-state index in [2.05, 4.69) is 26.0 Å². The molecule has 114 valence electrons. The average Bonchev–Trinajstić information content (AvgIpc) is 2.52. The Labute approximate surface area is 136 Å². The smallest absolute Gasteiger partial charge is 0.411 e. The van der Waals surface area contributed by atoms with Gasteiger partial charge in [-0.15, -0.1) is 0 Å². The topological polar surface area (TPSA) is 64.6 Å². The Morgan fingerprint density at radius 2 is 1.86 bits per heavy atom. The van der Waals surface area contributed by atoms with Crippen molar-refractivity contribution in [3.63, 3.8) is 0 Å². The number of ether oxygens (including phenoxy) is 2. The van der Waals surface area contributed by atoms with Crippen LogP contribution in [0.3, 0.4) is 0 Å². The number of methoxy groups -OCH3 is 1. The zero-order valence-corrected chi connectivity index (χ0v) is 13.4. The molecule has 0 radical (unpaired) electrons. The Bertz CT molecular complexity index is 673. The second kappa shape index (κ2) is 7.61. The summed E-state index contributed by atoms with van der Waals surface area (Å²) in [5.41, 5.74) is 1.66. The molecule has 0 unspecified atom stereocenters. The van der Waals surface area contributed by atoms with E-state index in [0.717, 1.165) is 5.56 Å². The van der Waals surface area contributed by atoms with Crippen molar-refractivity contribution in [1.29, 1.82) is 0 Å². The lowest BCUT2D eigenvalue weighted by Crippen LogP contribution is -2.14. The maximum absolute atomic E-state index is 11.8. The van der Waals surface area contributed by atoms with Gasteiger partial charge in [0.25, 0.3) is 0 Å². The van der Waals surface area contributed by atoms with Crippen LogP contribution in [0.25, 0.3) is 0 Å². The lowest BCUT2D eigenvalue weighted by atomic mass is 10.2. The molecule has 0 saturated carbocycles. The van der Waals surface area contributed by atoms with Crippen LogP contribution in [0, 0.1) is 0 Å². The molecule has 2 aromatic carbocycles. The highest BCUT2D eigenvalue weighted by atomic mass is 79.9. The van der Waals surface area contributed by atoms with Gasteiger partial charge in [0.15, 0.2) is 0 Å². The summed E-state index contributed by atoms with van der Waals surface area (Å²) in [7, 11) is 1.30. The molecule has 0 saturated heterocycles. The van der Waals surface area contributed by atoms with Crippen LogP contribution in [0.15, 0.2) is 53.0 Å². The number of halogens is 1. The fourth-order valence-electron chi connectivity index (χ4n) is 1.77. The average molecular weight is 364 g/mol. The van der Waals surface area contributed by atoms with Crippen LogP contribution in [-0.2, 0) is 16.1 Å². The molecule has 0 heterocycles. The number of hydrogen-bond acceptors (Lipinski definition) is 4. The maximum atomic E-state index is 11.8. The lowest BCUT2D eigenvalue weighted by Gasteiger charge is -2.09. The molecule has 22 heavy (non-hydrogen) atoms. The summed E-state index contributed by atoms with van der Waals surface area (Å²) in [5.74, 6) is -0.484. The van der Waals surface area contributed by atoms with Crippen molar-refractivity contribution in [2.75, 3.05) is 12.4 Å². The third-order valence-corrected chi connectivity index (χ3v) is 3.24. The zero-order valence-electron chi connectivity index (χ0n) is 11.8. The van der Waals surface area contributed by atoms with Crippen LogP contribution in [0.2, 0.25) is 0 Å². The van der Waals surface area contributed by atoms with Gasteiger partial charge in [0, 0.05) is 10.2 Å². The molecule has 0 aromatic heterocycles. The van der Waals surface area contributed by atoms with Crippen LogP contribution in [0.1, 0.15) is 15.9 Å². The lowest BCUT2D eigenvalue weighted by molar-refractivity contribution is 0.0600. The number of esters is 1. The number of benzene rings is 2. The molecule has 0 spiro atoms. The van der Waals surface area contributed by atoms with Gasteiger partial charge in [-0.2, -0.15) is 0 Å². The predicted octanol–water partition coefficient (Wildman–Crippen LogP) is 3.98. The summed E-state index contributed by atoms with van der Waals surface area (Å²) >= 11 is 3.28. The van der Waals surface area contributed by atoms with E-state index in [0.29, 0.717) is 15.7 Å². The normalized spacial score (nSPS) is 9.91. The number of hydrogen-bond donors (Lipinski definition) is 1. The highest BCUT2D eigenvalue weighted by Crippen LogP contribution is 2.20. The van der Waals surface area contributed by atoms with Crippen molar-refractivity contribution in [1.82, 2.24) is 0 Å². The van der Waals surface area contributed by atoms with E-state index in [4.69, 9.17) is 4.74 Å². The van der Waals surface area contributed by atoms with E-state index >= 15 is 0 Å². The van der Waals surface area contributed by atoms with Gasteiger partial charge in [-0.25, -0.2) is 9.59 Å². The first kappa shape index (κ1) is 16.0. The minimum Gasteiger partial charge on any atom is -0.465 e. The fraction of sp³-hybridized carbons (Fsp3) is 0.125. The fourth-order valence-corrected chi connectivity index (χ4v) is 2.27. The van der Waals surface area contributed by atoms with Crippen molar-refractivity contribution in [2.45, 2.75) is 6.61 Å². The number of carbonyl (C=O) groups is 2. The molecule has 0 bridgehead atoms. The summed E-state index contributed by atoms with van der Waals surface area (Å²) in [6.45, 7) is 0.171. The zero-order chi connectivity index (χ0) is 15.9. The van der Waals surface area contributed by atoms with Crippen LogP contribution < -0.4 is 5.32 Å². The van der Waals surface area contributed by atoms with E-state index < -0.39 is 12.1 Å². The molecular formula is C16H14BrNO4. The second-order valence-electron chi connectivity index (χ2n) is 4.41. The van der Waals surface area contributed by atoms with E-state index in [-0.39, 0.29) is 6.61 Å². The van der Waals surface area contributed by atoms with Crippen LogP contribution in [0.5, 0.6) is 0 Å². The molecule has 1 N–H and O–H groups in total. The Morgan fingerprint density at radius 1 is 1.14 bits per heavy atom. The van der Waals surface area contributed by atoms with Gasteiger partial charge >= 0.3 is 12.1 Å². The quantitative estimate of drug-likeness (QED) is 0.834. The van der Waals surface area contributed by atoms with E-state index in [1.54, 1.807) is 12.1 Å². The monoisotopic (exact) mass is 363 g/mol. The van der Waals surface area contributed by atoms with Crippen LogP contribution >= 0.6 is 15.9 Å². The van der Waals surface area contributed by atoms with Crippen molar-refractivity contribution < 1.29 is 19.1 Å². The molecule has 0 atom stereocenters. The highest BCUT2D eigenvalue weighted by Gasteiger charge is 2.10. The third-order valence-electron chi connectivity index (χ3n) is 2.78. The summed E-state index contributed by atoms with van der Waals surface area (Å²) in [4.78, 5) is 23.3. The van der Waals surface area contributed by atoms with Crippen molar-refractivity contribution in [2.24, 2.45) is 0 Å². The van der Waals surface area contributed by atoms with Gasteiger partial charge in [0.2, 0.25) is 0 Å². The van der Waals surface area contributed by atoms with Crippen molar-refractivity contribution in [3.05, 3.63) is 64.1 Å². The molecule has 6 heteroatoms. The minimum absolute atomic E-state index is 0.171. The largest absolute Gasteiger partial charge is 0.465 e. The summed E-state index contributed by atoms with van der Waals surface area (Å²) in [6.07, 6.45) is -0.599. The predicted molar refractivity (Wildman–Crippen MR) is 85.7 cm³/mol. The van der Waals surface area contributed by atoms with E-state index in [1.165, 1.54) is 13.2 Å². The minimum atomic E-state index is -0.599. The summed E-state index contributed by atoms with van der Waals surface area (Å²) < 4.78 is 10.4. The molecule has 0 aliphatic carbocycles. The maximum Gasteiger partial charge on any atom is 0.411 e. The van der Waals surface area contributed by atoms with Gasteiger partial charge in [-0.3, -0.25) is 5.32 Å². The molecule has 0 aliphatic heterocycles. The number of carbonyl (C=O) groups excluding carboxylic acids is 2. The first-order chi connectivity index (χ1) is 10.6. The van der Waals surface area contributed by atoms with Gasteiger partial charge < -0.3 is 9.47 Å². The van der Waals surface area contributed by atoms with Crippen LogP contribution in [0.4, 0.5) is 10.5 Å². The second-order valence-corrected chi connectivity index (χ2v) is 5.32. The number of amides is 1. The number of rotatable bonds is 4. The molecule has 5 nitrogen and oxygen atoms in total. The van der Waals surface area contributed by atoms with Gasteiger partial charge in [-0.1, -0.05) is 46.3 Å². The Balaban J connectivity index is 1.99. The summed E-state index contributed by atoms with van der Waals surface area (Å²) in [6, 6.07) is 14.1.